The molecule has 0 amide bonds. The van der Waals surface area contributed by atoms with Crippen LogP contribution in [0.3, 0.4) is 0 Å². The summed E-state index contributed by atoms with van der Waals surface area (Å²) in [4.78, 5) is 0. The average molecular weight is 228 g/mol. The summed E-state index contributed by atoms with van der Waals surface area (Å²) in [6, 6.07) is 9.68. The first-order valence-electron chi connectivity index (χ1n) is 3.99. The number of hydrogen-bond donors (Lipinski definition) is 1. The van der Waals surface area contributed by atoms with Crippen molar-refractivity contribution >= 4 is 29.1 Å². The van der Waals surface area contributed by atoms with Crippen molar-refractivity contribution < 1.29 is 0 Å². The fraction of sp³-hybridized carbons (Fsp3) is 0. The minimum absolute atomic E-state index is 0.439. The van der Waals surface area contributed by atoms with E-state index in [9.17, 15) is 0 Å². The Kier molecular flexibility index (Phi) is 2.61. The first-order valence-corrected chi connectivity index (χ1v) is 4.71. The Morgan fingerprint density at radius 3 is 2.57 bits per heavy atom. The zero-order chi connectivity index (χ0) is 9.97. The molecule has 3 nitrogen and oxygen atoms in total. The normalized spacial score (nSPS) is 15.7. The molecular weight excluding hydrogens is 221 g/mol. The third-order valence-electron chi connectivity index (χ3n) is 1.73. The minimum Gasteiger partial charge on any atom is -0.256 e. The number of nitrogens with one attached hydrogen (secondary N) is 1. The van der Waals surface area contributed by atoms with Crippen LogP contribution in [0.25, 0.3) is 0 Å². The standard InChI is InChI=1S/C9H7Cl2N3/c10-9-6-8(12-14(11)13-9)7-4-2-1-3-5-7/h1-6,13H. The molecule has 0 saturated carbocycles. The highest BCUT2D eigenvalue weighted by Gasteiger charge is 2.10. The summed E-state index contributed by atoms with van der Waals surface area (Å²) in [5, 5.41) is 4.49. The zero-order valence-electron chi connectivity index (χ0n) is 7.11. The summed E-state index contributed by atoms with van der Waals surface area (Å²) in [7, 11) is 0. The van der Waals surface area contributed by atoms with Crippen molar-refractivity contribution in [2.45, 2.75) is 0 Å². The van der Waals surface area contributed by atoms with E-state index in [1.165, 1.54) is 0 Å². The predicted molar refractivity (Wildman–Crippen MR) is 57.7 cm³/mol. The summed E-state index contributed by atoms with van der Waals surface area (Å²) in [5.74, 6) is 0. The lowest BCUT2D eigenvalue weighted by molar-refractivity contribution is 0.405. The zero-order valence-corrected chi connectivity index (χ0v) is 8.63. The van der Waals surface area contributed by atoms with Gasteiger partial charge in [0.1, 0.15) is 5.16 Å². The summed E-state index contributed by atoms with van der Waals surface area (Å²) in [6.45, 7) is 0. The molecule has 1 N–H and O–H groups in total. The fourth-order valence-corrected chi connectivity index (χ4v) is 1.54. The Balaban J connectivity index is 2.36. The van der Waals surface area contributed by atoms with E-state index in [0.717, 1.165) is 15.9 Å². The van der Waals surface area contributed by atoms with Crippen LogP contribution in [-0.4, -0.2) is 10.3 Å². The number of benzene rings is 1. The molecule has 0 atom stereocenters. The van der Waals surface area contributed by atoms with Crippen molar-refractivity contribution in [3.05, 3.63) is 47.1 Å². The highest BCUT2D eigenvalue weighted by molar-refractivity contribution is 6.32. The number of nitrogens with zero attached hydrogens (tertiary/aromatic N) is 2. The van der Waals surface area contributed by atoms with Gasteiger partial charge in [0.05, 0.1) is 17.5 Å². The van der Waals surface area contributed by atoms with Crippen LogP contribution >= 0.6 is 23.4 Å². The molecule has 0 bridgehead atoms. The van der Waals surface area contributed by atoms with Gasteiger partial charge in [0.25, 0.3) is 0 Å². The molecule has 0 aliphatic carbocycles. The smallest absolute Gasteiger partial charge is 0.125 e. The van der Waals surface area contributed by atoms with E-state index in [0.29, 0.717) is 5.16 Å². The predicted octanol–water partition coefficient (Wildman–Crippen LogP) is 2.44. The maximum absolute atomic E-state index is 5.80. The maximum atomic E-state index is 5.80. The lowest BCUT2D eigenvalue weighted by atomic mass is 10.1. The Morgan fingerprint density at radius 2 is 1.93 bits per heavy atom. The molecule has 1 aromatic carbocycles. The first-order chi connectivity index (χ1) is 6.75. The molecule has 14 heavy (non-hydrogen) atoms. The molecule has 0 aromatic heterocycles. The number of hydrazone groups is 1. The molecule has 0 saturated heterocycles. The second-order valence-corrected chi connectivity index (χ2v) is 3.44. The molecule has 2 rings (SSSR count). The molecule has 1 aliphatic rings. The van der Waals surface area contributed by atoms with E-state index in [4.69, 9.17) is 23.4 Å². The molecule has 0 radical (unpaired) electrons. The number of allylic oxidation sites excluding steroid dienone is 1. The van der Waals surface area contributed by atoms with Gasteiger partial charge in [0.15, 0.2) is 0 Å². The van der Waals surface area contributed by atoms with Gasteiger partial charge in [0.2, 0.25) is 0 Å². The average Bonchev–Trinajstić information content (AvgIpc) is 2.18. The molecule has 0 spiro atoms. The van der Waals surface area contributed by atoms with Crippen molar-refractivity contribution in [1.29, 1.82) is 0 Å². The minimum atomic E-state index is 0.439. The second kappa shape index (κ2) is 3.90. The number of halogens is 2. The first kappa shape index (κ1) is 9.37. The van der Waals surface area contributed by atoms with Crippen molar-refractivity contribution in [2.24, 2.45) is 5.10 Å². The maximum Gasteiger partial charge on any atom is 0.125 e. The number of rotatable bonds is 1. The van der Waals surface area contributed by atoms with Gasteiger partial charge in [-0.3, -0.25) is 5.43 Å². The van der Waals surface area contributed by atoms with E-state index < -0.39 is 0 Å². The third-order valence-corrected chi connectivity index (χ3v) is 2.08. The molecule has 0 unspecified atom stereocenters. The van der Waals surface area contributed by atoms with Gasteiger partial charge in [-0.05, 0) is 0 Å². The van der Waals surface area contributed by atoms with Gasteiger partial charge >= 0.3 is 0 Å². The molecule has 72 valence electrons. The van der Waals surface area contributed by atoms with Crippen LogP contribution in [0.1, 0.15) is 5.56 Å². The Morgan fingerprint density at radius 1 is 1.21 bits per heavy atom. The summed E-state index contributed by atoms with van der Waals surface area (Å²) in [5.41, 5.74) is 4.31. The summed E-state index contributed by atoms with van der Waals surface area (Å²) in [6.07, 6.45) is 1.72. The molecule has 1 heterocycles. The van der Waals surface area contributed by atoms with E-state index in [2.05, 4.69) is 10.5 Å². The fourth-order valence-electron chi connectivity index (χ4n) is 1.14. The largest absolute Gasteiger partial charge is 0.256 e. The van der Waals surface area contributed by atoms with Gasteiger partial charge < -0.3 is 0 Å². The van der Waals surface area contributed by atoms with Gasteiger partial charge in [-0.25, -0.2) is 0 Å². The molecule has 5 heteroatoms. The monoisotopic (exact) mass is 227 g/mol. The van der Waals surface area contributed by atoms with E-state index in [1.54, 1.807) is 6.08 Å². The van der Waals surface area contributed by atoms with Crippen LogP contribution in [0.2, 0.25) is 0 Å². The second-order valence-electron chi connectivity index (χ2n) is 2.72. The van der Waals surface area contributed by atoms with Crippen molar-refractivity contribution in [2.75, 3.05) is 0 Å². The third kappa shape index (κ3) is 2.00. The highest BCUT2D eigenvalue weighted by atomic mass is 35.5. The molecule has 1 aliphatic heterocycles. The lowest BCUT2D eigenvalue weighted by Gasteiger charge is -2.17. The number of hydrogen-bond acceptors (Lipinski definition) is 3. The lowest BCUT2D eigenvalue weighted by Crippen LogP contribution is -2.28. The Bertz CT molecular complexity index is 386. The van der Waals surface area contributed by atoms with Gasteiger partial charge in [0, 0.05) is 11.6 Å². The van der Waals surface area contributed by atoms with Crippen LogP contribution in [0.4, 0.5) is 0 Å². The van der Waals surface area contributed by atoms with Crippen molar-refractivity contribution in [3.63, 3.8) is 0 Å². The van der Waals surface area contributed by atoms with Crippen molar-refractivity contribution in [3.8, 4) is 0 Å². The molecular formula is C9H7Cl2N3. The number of hydrazine groups is 1. The van der Waals surface area contributed by atoms with Gasteiger partial charge in [-0.2, -0.15) is 0 Å². The van der Waals surface area contributed by atoms with E-state index in [-0.39, 0.29) is 0 Å². The van der Waals surface area contributed by atoms with Crippen LogP contribution in [0.5, 0.6) is 0 Å². The van der Waals surface area contributed by atoms with E-state index in [1.807, 2.05) is 30.3 Å². The van der Waals surface area contributed by atoms with Gasteiger partial charge in [-0.1, -0.05) is 41.9 Å². The van der Waals surface area contributed by atoms with Crippen LogP contribution in [0.15, 0.2) is 46.7 Å². The van der Waals surface area contributed by atoms with Crippen LogP contribution in [-0.2, 0) is 0 Å². The topological polar surface area (TPSA) is 27.6 Å². The molecule has 0 fully saturated rings. The van der Waals surface area contributed by atoms with Gasteiger partial charge in [-0.15, -0.1) is 9.74 Å². The van der Waals surface area contributed by atoms with Crippen LogP contribution in [0, 0.1) is 0 Å². The summed E-state index contributed by atoms with van der Waals surface area (Å²) >= 11 is 11.5. The highest BCUT2D eigenvalue weighted by Crippen LogP contribution is 2.12. The quantitative estimate of drug-likeness (QED) is 0.590. The van der Waals surface area contributed by atoms with E-state index >= 15 is 0 Å². The van der Waals surface area contributed by atoms with Crippen molar-refractivity contribution in [1.82, 2.24) is 10.1 Å². The molecule has 1 aromatic rings. The van der Waals surface area contributed by atoms with Crippen LogP contribution < -0.4 is 5.43 Å². The Labute approximate surface area is 91.7 Å². The summed E-state index contributed by atoms with van der Waals surface area (Å²) < 4.78 is 1.06. The Hall–Kier alpha value is -1.19. The SMILES string of the molecule is ClC1=CC(c2ccccc2)=NN(Cl)N1.